The summed E-state index contributed by atoms with van der Waals surface area (Å²) in [5.74, 6) is -1.87. The van der Waals surface area contributed by atoms with Crippen molar-refractivity contribution in [3.63, 3.8) is 0 Å². The zero-order valence-electron chi connectivity index (χ0n) is 18.2. The van der Waals surface area contributed by atoms with Gasteiger partial charge in [0.2, 0.25) is 0 Å². The zero-order valence-corrected chi connectivity index (χ0v) is 19.8. The molecule has 0 spiro atoms. The van der Waals surface area contributed by atoms with E-state index in [9.17, 15) is 18.8 Å². The van der Waals surface area contributed by atoms with Crippen LogP contribution in [0.1, 0.15) is 44.3 Å². The second-order valence-electron chi connectivity index (χ2n) is 7.76. The van der Waals surface area contributed by atoms with Gasteiger partial charge in [-0.05, 0) is 60.7 Å². The number of benzene rings is 3. The number of aryl methyl sites for hydroxylation is 2. The van der Waals surface area contributed by atoms with Crippen molar-refractivity contribution in [2.45, 2.75) is 26.2 Å². The quantitative estimate of drug-likeness (QED) is 0.303. The van der Waals surface area contributed by atoms with Crippen molar-refractivity contribution in [3.8, 4) is 0 Å². The number of esters is 1. The largest absolute Gasteiger partial charge is 0.466 e. The molecule has 0 saturated carbocycles. The summed E-state index contributed by atoms with van der Waals surface area (Å²) in [7, 11) is 0. The Morgan fingerprint density at radius 2 is 1.62 bits per heavy atom. The van der Waals surface area contributed by atoms with Crippen LogP contribution in [0.5, 0.6) is 0 Å². The van der Waals surface area contributed by atoms with Crippen molar-refractivity contribution < 1.29 is 23.5 Å². The average molecular weight is 500 g/mol. The minimum absolute atomic E-state index is 0.0159. The molecule has 2 amide bonds. The molecule has 34 heavy (non-hydrogen) atoms. The first kappa shape index (κ1) is 23.9. The maximum Gasteiger partial charge on any atom is 0.310 e. The number of carbonyl (C=O) groups is 3. The molecule has 0 fully saturated rings. The van der Waals surface area contributed by atoms with E-state index >= 15 is 0 Å². The van der Waals surface area contributed by atoms with Crippen LogP contribution < -0.4 is 4.90 Å². The molecule has 174 valence electrons. The molecular formula is C26H20Cl2FNO4. The molecule has 8 heteroatoms. The zero-order chi connectivity index (χ0) is 24.4. The lowest BCUT2D eigenvalue weighted by Gasteiger charge is -2.16. The maximum absolute atomic E-state index is 14.1. The van der Waals surface area contributed by atoms with Crippen molar-refractivity contribution in [1.29, 1.82) is 0 Å². The summed E-state index contributed by atoms with van der Waals surface area (Å²) in [6.07, 6.45) is 0.715. The first-order chi connectivity index (χ1) is 16.3. The standard InChI is InChI=1S/C26H20Cl2FNO4/c1-2-34-22(31)14-15-7-12-21(19(28)13-15)30-25(32)23-17(10-11-18(27)24(23)26(30)33)9-8-16-5-3-4-6-20(16)29/h3-7,10-13H,2,8-9,14H2,1H3. The first-order valence-corrected chi connectivity index (χ1v) is 11.4. The third kappa shape index (κ3) is 4.56. The molecule has 5 nitrogen and oxygen atoms in total. The number of fused-ring (bicyclic) bond motifs is 1. The fourth-order valence-electron chi connectivity index (χ4n) is 4.01. The summed E-state index contributed by atoms with van der Waals surface area (Å²) in [6, 6.07) is 14.3. The van der Waals surface area contributed by atoms with E-state index in [1.54, 1.807) is 43.3 Å². The smallest absolute Gasteiger partial charge is 0.310 e. The van der Waals surface area contributed by atoms with Crippen LogP contribution in [-0.2, 0) is 28.8 Å². The fourth-order valence-corrected chi connectivity index (χ4v) is 4.53. The number of rotatable bonds is 7. The Bertz CT molecular complexity index is 1310. The van der Waals surface area contributed by atoms with Gasteiger partial charge in [0.15, 0.2) is 0 Å². The van der Waals surface area contributed by atoms with Crippen LogP contribution >= 0.6 is 23.2 Å². The van der Waals surface area contributed by atoms with E-state index in [4.69, 9.17) is 27.9 Å². The molecule has 0 aromatic heterocycles. The number of imide groups is 1. The predicted molar refractivity (Wildman–Crippen MR) is 128 cm³/mol. The number of carbonyl (C=O) groups excluding carboxylic acids is 3. The maximum atomic E-state index is 14.1. The highest BCUT2D eigenvalue weighted by Crippen LogP contribution is 2.38. The lowest BCUT2D eigenvalue weighted by molar-refractivity contribution is -0.142. The van der Waals surface area contributed by atoms with E-state index in [-0.39, 0.29) is 45.7 Å². The van der Waals surface area contributed by atoms with Gasteiger partial charge in [-0.3, -0.25) is 14.4 Å². The number of anilines is 1. The minimum atomic E-state index is -0.585. The molecule has 0 radical (unpaired) electrons. The second-order valence-corrected chi connectivity index (χ2v) is 8.58. The van der Waals surface area contributed by atoms with Crippen molar-refractivity contribution in [3.05, 3.63) is 98.3 Å². The highest BCUT2D eigenvalue weighted by atomic mass is 35.5. The van der Waals surface area contributed by atoms with Crippen molar-refractivity contribution in [1.82, 2.24) is 0 Å². The molecule has 3 aromatic carbocycles. The van der Waals surface area contributed by atoms with Crippen LogP contribution in [0.2, 0.25) is 10.0 Å². The van der Waals surface area contributed by atoms with Crippen LogP contribution in [0, 0.1) is 5.82 Å². The van der Waals surface area contributed by atoms with Crippen LogP contribution in [0.4, 0.5) is 10.1 Å². The molecule has 1 aliphatic rings. The Kier molecular flexibility index (Phi) is 7.00. The molecule has 0 bridgehead atoms. The predicted octanol–water partition coefficient (Wildman–Crippen LogP) is 5.82. The Balaban J connectivity index is 1.64. The van der Waals surface area contributed by atoms with Gasteiger partial charge < -0.3 is 4.74 Å². The van der Waals surface area contributed by atoms with Crippen molar-refractivity contribution in [2.75, 3.05) is 11.5 Å². The molecule has 1 aliphatic heterocycles. The van der Waals surface area contributed by atoms with Gasteiger partial charge in [0.25, 0.3) is 11.8 Å². The topological polar surface area (TPSA) is 63.7 Å². The van der Waals surface area contributed by atoms with Gasteiger partial charge in [-0.15, -0.1) is 0 Å². The molecule has 0 aliphatic carbocycles. The average Bonchev–Trinajstić information content (AvgIpc) is 3.06. The molecule has 1 heterocycles. The number of ether oxygens (including phenoxy) is 1. The molecule has 3 aromatic rings. The Hall–Kier alpha value is -3.22. The monoisotopic (exact) mass is 499 g/mol. The summed E-state index contributed by atoms with van der Waals surface area (Å²) >= 11 is 12.7. The number of nitrogens with zero attached hydrogens (tertiary/aromatic N) is 1. The van der Waals surface area contributed by atoms with E-state index in [0.29, 0.717) is 29.5 Å². The number of hydrogen-bond donors (Lipinski definition) is 0. The SMILES string of the molecule is CCOC(=O)Cc1ccc(N2C(=O)c3c(Cl)ccc(CCc4ccccc4F)c3C2=O)c(Cl)c1. The van der Waals surface area contributed by atoms with Crippen LogP contribution in [0.3, 0.4) is 0 Å². The van der Waals surface area contributed by atoms with Gasteiger partial charge in [0, 0.05) is 0 Å². The third-order valence-corrected chi connectivity index (χ3v) is 6.22. The lowest BCUT2D eigenvalue weighted by atomic mass is 9.97. The number of halogens is 3. The molecule has 4 rings (SSSR count). The Morgan fingerprint density at radius 1 is 0.912 bits per heavy atom. The van der Waals surface area contributed by atoms with Gasteiger partial charge in [0.1, 0.15) is 5.82 Å². The van der Waals surface area contributed by atoms with E-state index in [1.807, 2.05) is 0 Å². The summed E-state index contributed by atoms with van der Waals surface area (Å²) in [5, 5.41) is 0.292. The Morgan fingerprint density at radius 3 is 2.32 bits per heavy atom. The van der Waals surface area contributed by atoms with Gasteiger partial charge in [-0.1, -0.05) is 53.5 Å². The molecule has 0 N–H and O–H groups in total. The molecule has 0 saturated heterocycles. The van der Waals surface area contributed by atoms with Crippen LogP contribution in [0.15, 0.2) is 54.6 Å². The number of hydrogen-bond acceptors (Lipinski definition) is 4. The summed E-state index contributed by atoms with van der Waals surface area (Å²) in [4.78, 5) is 39.4. The summed E-state index contributed by atoms with van der Waals surface area (Å²) in [6.45, 7) is 1.98. The second kappa shape index (κ2) is 9.95. The van der Waals surface area contributed by atoms with Crippen LogP contribution in [-0.4, -0.2) is 24.4 Å². The van der Waals surface area contributed by atoms with E-state index in [1.165, 1.54) is 18.2 Å². The van der Waals surface area contributed by atoms with Crippen molar-refractivity contribution in [2.24, 2.45) is 0 Å². The normalized spacial score (nSPS) is 12.8. The summed E-state index contributed by atoms with van der Waals surface area (Å²) in [5.41, 5.74) is 2.19. The Labute approximate surface area is 206 Å². The molecular weight excluding hydrogens is 480 g/mol. The molecule has 0 unspecified atom stereocenters. The van der Waals surface area contributed by atoms with E-state index in [2.05, 4.69) is 0 Å². The van der Waals surface area contributed by atoms with Gasteiger partial charge in [-0.25, -0.2) is 9.29 Å². The van der Waals surface area contributed by atoms with Gasteiger partial charge in [-0.2, -0.15) is 0 Å². The summed E-state index contributed by atoms with van der Waals surface area (Å²) < 4.78 is 19.0. The fraction of sp³-hybridized carbons (Fsp3) is 0.192. The third-order valence-electron chi connectivity index (χ3n) is 5.60. The first-order valence-electron chi connectivity index (χ1n) is 10.7. The van der Waals surface area contributed by atoms with Crippen LogP contribution in [0.25, 0.3) is 0 Å². The van der Waals surface area contributed by atoms with E-state index in [0.717, 1.165) is 4.90 Å². The highest BCUT2D eigenvalue weighted by Gasteiger charge is 2.41. The van der Waals surface area contributed by atoms with Gasteiger partial charge >= 0.3 is 5.97 Å². The highest BCUT2D eigenvalue weighted by molar-refractivity contribution is 6.44. The van der Waals surface area contributed by atoms with Crippen molar-refractivity contribution >= 4 is 46.7 Å². The van der Waals surface area contributed by atoms with E-state index < -0.39 is 17.8 Å². The lowest BCUT2D eigenvalue weighted by Crippen LogP contribution is -2.30. The molecule has 0 atom stereocenters. The number of amides is 2. The minimum Gasteiger partial charge on any atom is -0.466 e. The van der Waals surface area contributed by atoms with Gasteiger partial charge in [0.05, 0.1) is 39.9 Å².